The maximum Gasteiger partial charge on any atom is 0.379 e. The summed E-state index contributed by atoms with van der Waals surface area (Å²) in [6.07, 6.45) is 4.59. The predicted molar refractivity (Wildman–Crippen MR) is 100 cm³/mol. The minimum Gasteiger partial charge on any atom is -0.457 e. The number of aryl methyl sites for hydroxylation is 1. The third-order valence-electron chi connectivity index (χ3n) is 3.50. The summed E-state index contributed by atoms with van der Waals surface area (Å²) < 4.78 is 10.2. The summed E-state index contributed by atoms with van der Waals surface area (Å²) in [7, 11) is 0. The lowest BCUT2D eigenvalue weighted by Crippen LogP contribution is -2.12. The summed E-state index contributed by atoms with van der Waals surface area (Å²) in [4.78, 5) is 30.3. The summed E-state index contributed by atoms with van der Waals surface area (Å²) >= 11 is 0. The number of carbonyl (C=O) groups excluding carboxylic acids is 1. The first-order valence-electron chi connectivity index (χ1n) is 8.39. The van der Waals surface area contributed by atoms with Crippen molar-refractivity contribution in [2.75, 3.05) is 5.43 Å². The highest BCUT2D eigenvalue weighted by atomic mass is 16.5. The van der Waals surface area contributed by atoms with Crippen molar-refractivity contribution in [1.82, 2.24) is 9.97 Å². The van der Waals surface area contributed by atoms with Crippen LogP contribution in [0.5, 0.6) is 5.75 Å². The SMILES string of the molecule is CCCc1cc(=O)[nH]c(N/N=C/c2ccc(OC(=O)c3ccco3)cc2)n1. The van der Waals surface area contributed by atoms with Crippen LogP contribution >= 0.6 is 0 Å². The van der Waals surface area contributed by atoms with Gasteiger partial charge >= 0.3 is 5.97 Å². The number of rotatable bonds is 7. The number of furan rings is 1. The highest BCUT2D eigenvalue weighted by Gasteiger charge is 2.10. The van der Waals surface area contributed by atoms with Gasteiger partial charge in [-0.1, -0.05) is 13.3 Å². The van der Waals surface area contributed by atoms with Crippen LogP contribution in [0.1, 0.15) is 35.2 Å². The number of hydrogen-bond acceptors (Lipinski definition) is 7. The fraction of sp³-hybridized carbons (Fsp3) is 0.158. The summed E-state index contributed by atoms with van der Waals surface area (Å²) in [6.45, 7) is 2.02. The second-order valence-corrected chi connectivity index (χ2v) is 5.64. The average Bonchev–Trinajstić information content (AvgIpc) is 3.18. The van der Waals surface area contributed by atoms with Gasteiger partial charge < -0.3 is 9.15 Å². The highest BCUT2D eigenvalue weighted by Crippen LogP contribution is 2.14. The maximum absolute atomic E-state index is 11.8. The smallest absolute Gasteiger partial charge is 0.379 e. The van der Waals surface area contributed by atoms with Crippen LogP contribution < -0.4 is 15.7 Å². The Balaban J connectivity index is 1.59. The lowest BCUT2D eigenvalue weighted by Gasteiger charge is -2.03. The molecule has 2 aromatic heterocycles. The molecule has 0 spiro atoms. The fourth-order valence-corrected chi connectivity index (χ4v) is 2.29. The van der Waals surface area contributed by atoms with E-state index in [0.717, 1.165) is 18.4 Å². The van der Waals surface area contributed by atoms with E-state index in [9.17, 15) is 9.59 Å². The Hall–Kier alpha value is -3.68. The van der Waals surface area contributed by atoms with Gasteiger partial charge in [0, 0.05) is 11.8 Å². The Bertz CT molecular complexity index is 976. The van der Waals surface area contributed by atoms with Crippen molar-refractivity contribution in [2.45, 2.75) is 19.8 Å². The van der Waals surface area contributed by atoms with Crippen LogP contribution in [0.15, 0.2) is 63.0 Å². The first-order chi connectivity index (χ1) is 13.1. The molecule has 0 radical (unpaired) electrons. The Morgan fingerprint density at radius 1 is 1.33 bits per heavy atom. The molecule has 3 rings (SSSR count). The summed E-state index contributed by atoms with van der Waals surface area (Å²) in [5, 5.41) is 4.06. The van der Waals surface area contributed by atoms with Gasteiger partial charge in [0.1, 0.15) is 5.75 Å². The summed E-state index contributed by atoms with van der Waals surface area (Å²) in [5.74, 6) is 0.243. The maximum atomic E-state index is 11.8. The monoisotopic (exact) mass is 366 g/mol. The number of hydrogen-bond donors (Lipinski definition) is 2. The van der Waals surface area contributed by atoms with Crippen molar-refractivity contribution in [2.24, 2.45) is 5.10 Å². The molecule has 3 aromatic rings. The summed E-state index contributed by atoms with van der Waals surface area (Å²) in [6, 6.07) is 11.4. The molecule has 0 aliphatic carbocycles. The molecule has 0 saturated heterocycles. The van der Waals surface area contributed by atoms with Crippen molar-refractivity contribution in [3.8, 4) is 5.75 Å². The van der Waals surface area contributed by atoms with Gasteiger partial charge in [-0.25, -0.2) is 15.2 Å². The lowest BCUT2D eigenvalue weighted by molar-refractivity contribution is 0.0701. The van der Waals surface area contributed by atoms with Gasteiger partial charge in [-0.15, -0.1) is 0 Å². The van der Waals surface area contributed by atoms with Crippen LogP contribution in [0.4, 0.5) is 5.95 Å². The zero-order chi connectivity index (χ0) is 19.1. The van der Waals surface area contributed by atoms with Gasteiger partial charge in [-0.3, -0.25) is 9.78 Å². The zero-order valence-corrected chi connectivity index (χ0v) is 14.6. The minimum absolute atomic E-state index is 0.136. The molecule has 0 aliphatic heterocycles. The van der Waals surface area contributed by atoms with Crippen molar-refractivity contribution >= 4 is 18.1 Å². The Kier molecular flexibility index (Phi) is 5.78. The van der Waals surface area contributed by atoms with Crippen LogP contribution in [-0.2, 0) is 6.42 Å². The van der Waals surface area contributed by atoms with Crippen molar-refractivity contribution in [3.05, 3.63) is 76.1 Å². The molecule has 27 heavy (non-hydrogen) atoms. The number of H-pyrrole nitrogens is 1. The average molecular weight is 366 g/mol. The number of esters is 1. The molecular weight excluding hydrogens is 348 g/mol. The standard InChI is InChI=1S/C19H18N4O4/c1-2-4-14-11-17(24)22-19(21-14)23-20-12-13-6-8-15(9-7-13)27-18(25)16-5-3-10-26-16/h3,5-12H,2,4H2,1H3,(H2,21,22,23,24)/b20-12+. The molecule has 0 aliphatic rings. The van der Waals surface area contributed by atoms with E-state index in [2.05, 4.69) is 20.5 Å². The van der Waals surface area contributed by atoms with Gasteiger partial charge in [0.2, 0.25) is 11.7 Å². The molecule has 0 unspecified atom stereocenters. The molecule has 0 amide bonds. The molecule has 138 valence electrons. The molecule has 0 atom stereocenters. The van der Waals surface area contributed by atoms with Crippen LogP contribution in [0.25, 0.3) is 0 Å². The number of aromatic nitrogens is 2. The first kappa shape index (κ1) is 18.1. The molecule has 0 fully saturated rings. The molecule has 2 N–H and O–H groups in total. The Morgan fingerprint density at radius 3 is 2.85 bits per heavy atom. The predicted octanol–water partition coefficient (Wildman–Crippen LogP) is 2.98. The van der Waals surface area contributed by atoms with Crippen LogP contribution in [0, 0.1) is 0 Å². The van der Waals surface area contributed by atoms with Gasteiger partial charge in [0.15, 0.2) is 0 Å². The van der Waals surface area contributed by atoms with Crippen molar-refractivity contribution in [1.29, 1.82) is 0 Å². The largest absolute Gasteiger partial charge is 0.457 e. The second kappa shape index (κ2) is 8.61. The Morgan fingerprint density at radius 2 is 2.15 bits per heavy atom. The van der Waals surface area contributed by atoms with Gasteiger partial charge in [0.05, 0.1) is 12.5 Å². The van der Waals surface area contributed by atoms with E-state index in [-0.39, 0.29) is 17.3 Å². The van der Waals surface area contributed by atoms with Crippen LogP contribution in [-0.4, -0.2) is 22.2 Å². The number of ether oxygens (including phenoxy) is 1. The van der Waals surface area contributed by atoms with Gasteiger partial charge in [-0.2, -0.15) is 5.10 Å². The zero-order valence-electron chi connectivity index (χ0n) is 14.6. The number of anilines is 1. The highest BCUT2D eigenvalue weighted by molar-refractivity contribution is 5.88. The normalized spacial score (nSPS) is 10.9. The molecule has 8 heteroatoms. The van der Waals surface area contributed by atoms with E-state index >= 15 is 0 Å². The number of benzene rings is 1. The summed E-state index contributed by atoms with van der Waals surface area (Å²) in [5.41, 5.74) is 3.96. The van der Waals surface area contributed by atoms with E-state index in [1.54, 1.807) is 36.5 Å². The van der Waals surface area contributed by atoms with E-state index in [1.165, 1.54) is 18.4 Å². The van der Waals surface area contributed by atoms with Crippen molar-refractivity contribution in [3.63, 3.8) is 0 Å². The van der Waals surface area contributed by atoms with E-state index in [4.69, 9.17) is 9.15 Å². The lowest BCUT2D eigenvalue weighted by atomic mass is 10.2. The fourth-order valence-electron chi connectivity index (χ4n) is 2.29. The quantitative estimate of drug-likeness (QED) is 0.288. The van der Waals surface area contributed by atoms with Crippen LogP contribution in [0.2, 0.25) is 0 Å². The second-order valence-electron chi connectivity index (χ2n) is 5.64. The van der Waals surface area contributed by atoms with E-state index in [1.807, 2.05) is 6.92 Å². The molecule has 0 saturated carbocycles. The topological polar surface area (TPSA) is 110 Å². The number of nitrogens with zero attached hydrogens (tertiary/aromatic N) is 2. The van der Waals surface area contributed by atoms with Gasteiger partial charge in [0.25, 0.3) is 5.56 Å². The molecular formula is C19H18N4O4. The Labute approximate surface area is 154 Å². The number of nitrogens with one attached hydrogen (secondary N) is 2. The minimum atomic E-state index is -0.565. The van der Waals surface area contributed by atoms with Gasteiger partial charge in [-0.05, 0) is 48.4 Å². The first-order valence-corrected chi connectivity index (χ1v) is 8.39. The molecule has 1 aromatic carbocycles. The number of hydrazone groups is 1. The van der Waals surface area contributed by atoms with E-state index in [0.29, 0.717) is 11.4 Å². The van der Waals surface area contributed by atoms with Crippen LogP contribution in [0.3, 0.4) is 0 Å². The number of aromatic amines is 1. The molecule has 2 heterocycles. The molecule has 8 nitrogen and oxygen atoms in total. The third kappa shape index (κ3) is 5.15. The molecule has 0 bridgehead atoms. The third-order valence-corrected chi connectivity index (χ3v) is 3.50. The van der Waals surface area contributed by atoms with Crippen molar-refractivity contribution < 1.29 is 13.9 Å². The number of carbonyl (C=O) groups is 1. The van der Waals surface area contributed by atoms with E-state index < -0.39 is 5.97 Å².